The van der Waals surface area contributed by atoms with E-state index in [1.165, 1.54) is 32.0 Å². The van der Waals surface area contributed by atoms with Gasteiger partial charge in [-0.2, -0.15) is 0 Å². The van der Waals surface area contributed by atoms with Gasteiger partial charge in [-0.3, -0.25) is 24.0 Å². The van der Waals surface area contributed by atoms with Crippen molar-refractivity contribution in [1.82, 2.24) is 21.3 Å². The van der Waals surface area contributed by atoms with E-state index in [1.807, 2.05) is 158 Å². The van der Waals surface area contributed by atoms with E-state index in [4.69, 9.17) is 11.3 Å². The van der Waals surface area contributed by atoms with Gasteiger partial charge in [-0.15, -0.1) is 19.7 Å². The summed E-state index contributed by atoms with van der Waals surface area (Å²) in [5.41, 5.74) is 19.2. The first-order valence-electron chi connectivity index (χ1n) is 45.2. The summed E-state index contributed by atoms with van der Waals surface area (Å²) in [4.78, 5) is 66.1. The number of amides is 4. The quantitative estimate of drug-likeness (QED) is 0.00711. The number of azide groups is 1. The first-order valence-corrected chi connectivity index (χ1v) is 59.2. The van der Waals surface area contributed by atoms with Crippen molar-refractivity contribution in [3.8, 4) is 0 Å². The summed E-state index contributed by atoms with van der Waals surface area (Å²) >= 11 is 0. The highest BCUT2D eigenvalue weighted by molar-refractivity contribution is 6.94. The van der Waals surface area contributed by atoms with E-state index in [1.54, 1.807) is 12.1 Å². The molecule has 0 aliphatic heterocycles. The minimum atomic E-state index is -2.29. The Morgan fingerprint density at radius 1 is 0.367 bits per heavy atom. The molecule has 0 spiro atoms. The SMILES string of the molecule is C.C.C.C=CCC[Si](C)(c1ccccc1)C(CC(C)C)N=[N+]=[N-].C=CCC[Si](C)(c1ccccc1)C(CC(C)C)NC(=O)c1ccccc1.C=CCC[Si](C)(c1ccccc1)C(N)CC(C)C.CC(C)CC(NC(=O)c1ccccc1)[Si](C)(CCC(=O)NCc1ccccc1)c1ccccc1.CC(C)CC(NC(=O)c1ccccc1)[Si](C)(CCC(=O)O)c1ccccc1. The molecule has 7 N–H and O–H groups in total. The number of nitrogens with one attached hydrogen (secondary N) is 4. The van der Waals surface area contributed by atoms with Crippen molar-refractivity contribution in [3.05, 3.63) is 344 Å². The average molecular weight is 1820 g/mol. The molecule has 0 radical (unpaired) electrons. The third-order valence-corrected chi connectivity index (χ3v) is 48.7. The summed E-state index contributed by atoms with van der Waals surface area (Å²) in [6, 6.07) is 95.6. The molecule has 0 heterocycles. The van der Waals surface area contributed by atoms with Crippen LogP contribution in [-0.4, -0.2) is 103 Å². The Labute approximate surface area is 778 Å². The lowest BCUT2D eigenvalue weighted by molar-refractivity contribution is -0.136. The van der Waals surface area contributed by atoms with Crippen molar-refractivity contribution in [3.63, 3.8) is 0 Å². The molecule has 692 valence electrons. The molecule has 10 atom stereocenters. The number of carboxylic acid groups (broad SMARTS) is 1. The van der Waals surface area contributed by atoms with Crippen molar-refractivity contribution in [1.29, 1.82) is 0 Å². The Morgan fingerprint density at radius 3 is 0.898 bits per heavy atom. The molecule has 0 saturated heterocycles. The molecule has 0 aliphatic rings. The van der Waals surface area contributed by atoms with Crippen LogP contribution in [0.15, 0.2) is 316 Å². The summed E-state index contributed by atoms with van der Waals surface area (Å²) in [6.07, 6.45) is 14.4. The fourth-order valence-corrected chi connectivity index (χ4v) is 37.1. The number of carbonyl (C=O) groups excluding carboxylic acids is 4. The highest BCUT2D eigenvalue weighted by atomic mass is 28.3. The van der Waals surface area contributed by atoms with Gasteiger partial charge in [0.1, 0.15) is 32.3 Å². The molecule has 0 bridgehead atoms. The lowest BCUT2D eigenvalue weighted by atomic mass is 10.1. The normalized spacial score (nSPS) is 14.3. The van der Waals surface area contributed by atoms with Gasteiger partial charge >= 0.3 is 5.97 Å². The van der Waals surface area contributed by atoms with Gasteiger partial charge in [0.25, 0.3) is 17.7 Å². The molecule has 0 aromatic heterocycles. The largest absolute Gasteiger partial charge is 0.481 e. The van der Waals surface area contributed by atoms with Gasteiger partial charge in [0.2, 0.25) is 5.91 Å². The summed E-state index contributed by atoms with van der Waals surface area (Å²) in [6.45, 7) is 45.8. The molecule has 0 fully saturated rings. The molecule has 9 rings (SSSR count). The number of hydrogen-bond acceptors (Lipinski definition) is 7. The maximum absolute atomic E-state index is 13.1. The average Bonchev–Trinajstić information content (AvgIpc) is 0.799. The predicted molar refractivity (Wildman–Crippen MR) is 564 cm³/mol. The molecular formula is C109H160N8O6Si5. The fourth-order valence-electron chi connectivity index (χ4n) is 16.6. The lowest BCUT2D eigenvalue weighted by Gasteiger charge is -2.38. The first kappa shape index (κ1) is 114. The third-order valence-electron chi connectivity index (χ3n) is 24.4. The number of nitrogens with two attached hydrogens (primary N) is 1. The van der Waals surface area contributed by atoms with Crippen LogP contribution in [0.4, 0.5) is 0 Å². The topological polar surface area (TPSA) is 228 Å². The molecule has 4 amide bonds. The fraction of sp³-hybridized carbons (Fsp3) is 0.404. The second-order valence-corrected chi connectivity index (χ2v) is 59.8. The maximum atomic E-state index is 13.1. The van der Waals surface area contributed by atoms with Crippen LogP contribution in [0.25, 0.3) is 10.4 Å². The van der Waals surface area contributed by atoms with Crippen LogP contribution >= 0.6 is 0 Å². The molecule has 0 saturated carbocycles. The van der Waals surface area contributed by atoms with Gasteiger partial charge in [0.15, 0.2) is 0 Å². The summed E-state index contributed by atoms with van der Waals surface area (Å²) in [7, 11) is -9.96. The van der Waals surface area contributed by atoms with E-state index in [0.717, 1.165) is 80.6 Å². The van der Waals surface area contributed by atoms with Crippen molar-refractivity contribution in [2.24, 2.45) is 40.4 Å². The number of aliphatic carboxylic acids is 1. The molecular weight excluding hydrogens is 1660 g/mol. The van der Waals surface area contributed by atoms with Crippen LogP contribution in [-0.2, 0) is 16.1 Å². The molecule has 9 aromatic carbocycles. The zero-order chi connectivity index (χ0) is 91.9. The molecule has 128 heavy (non-hydrogen) atoms. The van der Waals surface area contributed by atoms with E-state index in [2.05, 4.69) is 274 Å². The molecule has 14 nitrogen and oxygen atoms in total. The van der Waals surface area contributed by atoms with Gasteiger partial charge in [0, 0.05) is 69.3 Å². The smallest absolute Gasteiger partial charge is 0.303 e. The van der Waals surface area contributed by atoms with Crippen LogP contribution in [0.3, 0.4) is 0 Å². The molecule has 19 heteroatoms. The van der Waals surface area contributed by atoms with Crippen LogP contribution in [0.5, 0.6) is 0 Å². The number of benzene rings is 9. The van der Waals surface area contributed by atoms with Crippen LogP contribution < -0.4 is 52.9 Å². The van der Waals surface area contributed by atoms with Gasteiger partial charge in [-0.05, 0) is 159 Å². The van der Waals surface area contributed by atoms with Crippen molar-refractivity contribution < 1.29 is 29.1 Å². The maximum Gasteiger partial charge on any atom is 0.303 e. The monoisotopic (exact) mass is 1820 g/mol. The number of carboxylic acids is 1. The van der Waals surface area contributed by atoms with Gasteiger partial charge in [-0.1, -0.05) is 410 Å². The van der Waals surface area contributed by atoms with Crippen LogP contribution in [0.1, 0.15) is 192 Å². The number of carbonyl (C=O) groups is 5. The van der Waals surface area contributed by atoms with E-state index in [0.29, 0.717) is 65.4 Å². The standard InChI is InChI=1S/C29H36N2O2Si.C23H31NOSi.C22H29NO3Si.C16H25N3Si.C16H27NSi.3CH4/c1-23(2)21-28(31-29(33)25-15-9-5-10-16-25)34(3,26-17-11-6-12-18-26)20-19-27(32)30-22-24-13-7-4-8-14-24;1-5-6-17-26(4,21-15-11-8-12-16-21)22(18-19(2)3)24-23(25)20-13-9-7-10-14-20;1-17(2)16-20(23-22(26)18-10-6-4-7-11-18)27(3,15-14-21(24)25)19-12-8-5-9-13-19;1-5-6-12-20(4,15-10-8-7-9-11-15)16(18-19-17)13-14(2)3;1-5-6-12-18(4,16(17)13-14(2)3)15-10-8-7-9-11-15;;;/h4-18,23,28H,19-22H2,1-3H3,(H,30,32)(H,31,33);5,7-16,19,22H,1,6,17-18H2,2-4H3,(H,24,25);4-13,17,20H,14-16H2,1-3H3,(H,23,26)(H,24,25);5,7-11,14,16H,1,6,12-13H2,2-4H3;5,7-11,14,16H,1,6,12-13,17H2,2-4H3;3*1H4. The predicted octanol–water partition coefficient (Wildman–Crippen LogP) is 24.0. The van der Waals surface area contributed by atoms with Crippen molar-refractivity contribution in [2.75, 3.05) is 0 Å². The number of allylic oxidation sites excluding steroid dienone is 3. The number of hydrogen-bond donors (Lipinski definition) is 6. The Hall–Kier alpha value is -10.1. The highest BCUT2D eigenvalue weighted by Crippen LogP contribution is 2.30. The summed E-state index contributed by atoms with van der Waals surface area (Å²) in [5.74, 6) is 1.69. The lowest BCUT2D eigenvalue weighted by Crippen LogP contribution is -2.62. The molecule has 10 unspecified atom stereocenters. The van der Waals surface area contributed by atoms with Gasteiger partial charge < -0.3 is 32.1 Å². The molecule has 0 aliphatic carbocycles. The minimum absolute atomic E-state index is 0. The Bertz CT molecular complexity index is 4660. The second kappa shape index (κ2) is 59.9. The van der Waals surface area contributed by atoms with Crippen LogP contribution in [0, 0.1) is 29.6 Å². The van der Waals surface area contributed by atoms with E-state index < -0.39 is 46.3 Å². The minimum Gasteiger partial charge on any atom is -0.481 e. The first-order chi connectivity index (χ1) is 59.7. The number of rotatable bonds is 44. The summed E-state index contributed by atoms with van der Waals surface area (Å²) in [5, 5.41) is 33.3. The van der Waals surface area contributed by atoms with Crippen LogP contribution in [0.2, 0.25) is 63.0 Å². The zero-order valence-corrected chi connectivity index (χ0v) is 82.8. The van der Waals surface area contributed by atoms with Crippen molar-refractivity contribution in [2.45, 2.75) is 254 Å². The van der Waals surface area contributed by atoms with E-state index >= 15 is 0 Å². The Kier molecular flexibility index (Phi) is 53.3. The summed E-state index contributed by atoms with van der Waals surface area (Å²) < 4.78 is 0. The van der Waals surface area contributed by atoms with Gasteiger partial charge in [0.05, 0.1) is 8.07 Å². The Morgan fingerprint density at radius 2 is 0.617 bits per heavy atom. The zero-order valence-electron chi connectivity index (χ0n) is 77.8. The van der Waals surface area contributed by atoms with E-state index in [-0.39, 0.29) is 75.0 Å². The Balaban J connectivity index is 0.000000548. The molecule has 9 aromatic rings. The van der Waals surface area contributed by atoms with Gasteiger partial charge in [-0.25, -0.2) is 0 Å². The number of nitrogens with zero attached hydrogens (tertiary/aromatic N) is 3. The third kappa shape index (κ3) is 37.9. The van der Waals surface area contributed by atoms with Crippen molar-refractivity contribution >= 4 is 95.9 Å². The van der Waals surface area contributed by atoms with E-state index in [9.17, 15) is 29.1 Å². The second-order valence-electron chi connectivity index (χ2n) is 36.7. The highest BCUT2D eigenvalue weighted by Gasteiger charge is 2.44.